The molecule has 1 saturated heterocycles. The Hall–Kier alpha value is -0.580. The van der Waals surface area contributed by atoms with Crippen LogP contribution >= 0.6 is 15.9 Å². The van der Waals surface area contributed by atoms with Crippen molar-refractivity contribution in [1.29, 1.82) is 0 Å². The first-order valence-electron chi connectivity index (χ1n) is 5.44. The summed E-state index contributed by atoms with van der Waals surface area (Å²) in [6, 6.07) is 0. The van der Waals surface area contributed by atoms with Crippen molar-refractivity contribution in [2.45, 2.75) is 44.0 Å². The average Bonchev–Trinajstić information content (AvgIpc) is 2.27. The van der Waals surface area contributed by atoms with Crippen LogP contribution in [0.4, 0.5) is 4.79 Å². The van der Waals surface area contributed by atoms with E-state index in [9.17, 15) is 9.59 Å². The highest BCUT2D eigenvalue weighted by molar-refractivity contribution is 9.10. The lowest BCUT2D eigenvalue weighted by atomic mass is 10.2. The van der Waals surface area contributed by atoms with Gasteiger partial charge in [-0.25, -0.2) is 4.79 Å². The molecule has 16 heavy (non-hydrogen) atoms. The Morgan fingerprint density at radius 3 is 2.69 bits per heavy atom. The standard InChI is InChI=1S/C11H18BrNO3/c1-11(2,3)16-10(15)13-6-4-5-9(14)8(12)7-13/h8H,4-7H2,1-3H3. The molecule has 0 bridgehead atoms. The van der Waals surface area contributed by atoms with Gasteiger partial charge in [0, 0.05) is 19.5 Å². The second kappa shape index (κ2) is 5.17. The maximum absolute atomic E-state index is 11.8. The molecule has 0 aromatic carbocycles. The lowest BCUT2D eigenvalue weighted by molar-refractivity contribution is -0.118. The van der Waals surface area contributed by atoms with Crippen molar-refractivity contribution in [3.05, 3.63) is 0 Å². The third-order valence-electron chi connectivity index (χ3n) is 2.23. The number of hydrogen-bond donors (Lipinski definition) is 0. The molecular formula is C11H18BrNO3. The van der Waals surface area contributed by atoms with Gasteiger partial charge in [0.1, 0.15) is 11.4 Å². The predicted octanol–water partition coefficient (Wildman–Crippen LogP) is 2.35. The van der Waals surface area contributed by atoms with E-state index in [1.54, 1.807) is 4.90 Å². The van der Waals surface area contributed by atoms with Gasteiger partial charge in [-0.05, 0) is 27.2 Å². The molecule has 1 fully saturated rings. The zero-order chi connectivity index (χ0) is 12.3. The second-order valence-corrected chi connectivity index (χ2v) is 6.07. The van der Waals surface area contributed by atoms with E-state index < -0.39 is 5.60 Å². The fourth-order valence-electron chi connectivity index (χ4n) is 1.48. The number of halogens is 1. The molecule has 0 saturated carbocycles. The van der Waals surface area contributed by atoms with Crippen molar-refractivity contribution >= 4 is 27.8 Å². The molecule has 0 aliphatic carbocycles. The number of nitrogens with zero attached hydrogens (tertiary/aromatic N) is 1. The molecular weight excluding hydrogens is 274 g/mol. The highest BCUT2D eigenvalue weighted by Crippen LogP contribution is 2.17. The summed E-state index contributed by atoms with van der Waals surface area (Å²) in [4.78, 5) is 24.6. The van der Waals surface area contributed by atoms with E-state index in [0.29, 0.717) is 25.9 Å². The fourth-order valence-corrected chi connectivity index (χ4v) is 2.06. The minimum absolute atomic E-state index is 0.158. The van der Waals surface area contributed by atoms with Gasteiger partial charge in [0.05, 0.1) is 4.83 Å². The molecule has 92 valence electrons. The maximum atomic E-state index is 11.8. The van der Waals surface area contributed by atoms with Crippen LogP contribution in [-0.4, -0.2) is 40.3 Å². The molecule has 1 aliphatic rings. The Labute approximate surface area is 104 Å². The van der Waals surface area contributed by atoms with Crippen LogP contribution < -0.4 is 0 Å². The summed E-state index contributed by atoms with van der Waals surface area (Å²) in [7, 11) is 0. The fraction of sp³-hybridized carbons (Fsp3) is 0.818. The van der Waals surface area contributed by atoms with Crippen LogP contribution in [0.1, 0.15) is 33.6 Å². The van der Waals surface area contributed by atoms with E-state index in [4.69, 9.17) is 4.74 Å². The van der Waals surface area contributed by atoms with Gasteiger partial charge in [0.25, 0.3) is 0 Å². The molecule has 0 N–H and O–H groups in total. The Morgan fingerprint density at radius 1 is 1.50 bits per heavy atom. The Balaban J connectivity index is 2.59. The number of ketones is 1. The van der Waals surface area contributed by atoms with Gasteiger partial charge in [0.15, 0.2) is 0 Å². The first-order valence-corrected chi connectivity index (χ1v) is 6.36. The molecule has 1 atom stereocenters. The summed E-state index contributed by atoms with van der Waals surface area (Å²) in [5.74, 6) is 0.158. The third kappa shape index (κ3) is 4.12. The topological polar surface area (TPSA) is 46.6 Å². The van der Waals surface area contributed by atoms with Gasteiger partial charge in [-0.1, -0.05) is 15.9 Å². The zero-order valence-corrected chi connectivity index (χ0v) is 11.5. The van der Waals surface area contributed by atoms with Crippen molar-refractivity contribution in [3.8, 4) is 0 Å². The summed E-state index contributed by atoms with van der Waals surface area (Å²) in [6.45, 7) is 6.48. The monoisotopic (exact) mass is 291 g/mol. The number of carbonyl (C=O) groups is 2. The van der Waals surface area contributed by atoms with Crippen molar-refractivity contribution < 1.29 is 14.3 Å². The molecule has 1 aliphatic heterocycles. The number of Topliss-reactive ketones (excluding diaryl/α,β-unsaturated/α-hetero) is 1. The largest absolute Gasteiger partial charge is 0.444 e. The van der Waals surface area contributed by atoms with Crippen LogP contribution in [-0.2, 0) is 9.53 Å². The van der Waals surface area contributed by atoms with E-state index in [2.05, 4.69) is 15.9 Å². The SMILES string of the molecule is CC(C)(C)OC(=O)N1CCCC(=O)C(Br)C1. The predicted molar refractivity (Wildman–Crippen MR) is 64.8 cm³/mol. The minimum atomic E-state index is -0.491. The normalized spacial score (nSPS) is 22.9. The van der Waals surface area contributed by atoms with Crippen LogP contribution in [0.5, 0.6) is 0 Å². The number of amides is 1. The number of ether oxygens (including phenoxy) is 1. The summed E-state index contributed by atoms with van der Waals surface area (Å²) < 4.78 is 5.27. The summed E-state index contributed by atoms with van der Waals surface area (Å²) >= 11 is 3.29. The Morgan fingerprint density at radius 2 is 2.12 bits per heavy atom. The van der Waals surface area contributed by atoms with Crippen molar-refractivity contribution in [2.75, 3.05) is 13.1 Å². The van der Waals surface area contributed by atoms with E-state index in [-0.39, 0.29) is 16.7 Å². The molecule has 0 aromatic rings. The lowest BCUT2D eigenvalue weighted by Crippen LogP contribution is -2.40. The van der Waals surface area contributed by atoms with Crippen molar-refractivity contribution in [3.63, 3.8) is 0 Å². The molecule has 1 heterocycles. The Bertz CT molecular complexity index is 285. The molecule has 4 nitrogen and oxygen atoms in total. The van der Waals surface area contributed by atoms with Crippen LogP contribution in [0.3, 0.4) is 0 Å². The number of hydrogen-bond acceptors (Lipinski definition) is 3. The lowest BCUT2D eigenvalue weighted by Gasteiger charge is -2.26. The summed E-state index contributed by atoms with van der Waals surface area (Å²) in [5.41, 5.74) is -0.491. The molecule has 0 radical (unpaired) electrons. The van der Waals surface area contributed by atoms with Crippen LogP contribution in [0.2, 0.25) is 0 Å². The molecule has 1 unspecified atom stereocenters. The van der Waals surface area contributed by atoms with E-state index >= 15 is 0 Å². The number of likely N-dealkylation sites (tertiary alicyclic amines) is 1. The van der Waals surface area contributed by atoms with E-state index in [0.717, 1.165) is 0 Å². The zero-order valence-electron chi connectivity index (χ0n) is 9.96. The number of rotatable bonds is 0. The van der Waals surface area contributed by atoms with Crippen LogP contribution in [0, 0.1) is 0 Å². The van der Waals surface area contributed by atoms with Gasteiger partial charge in [-0.3, -0.25) is 4.79 Å². The quantitative estimate of drug-likeness (QED) is 0.644. The van der Waals surface area contributed by atoms with Gasteiger partial charge in [0.2, 0.25) is 0 Å². The molecule has 1 amide bonds. The highest BCUT2D eigenvalue weighted by Gasteiger charge is 2.28. The smallest absolute Gasteiger partial charge is 0.410 e. The third-order valence-corrected chi connectivity index (χ3v) is 3.03. The molecule has 0 spiro atoms. The van der Waals surface area contributed by atoms with Crippen LogP contribution in [0.25, 0.3) is 0 Å². The van der Waals surface area contributed by atoms with Gasteiger partial charge < -0.3 is 9.64 Å². The Kier molecular flexibility index (Phi) is 4.35. The van der Waals surface area contributed by atoms with Crippen LogP contribution in [0.15, 0.2) is 0 Å². The van der Waals surface area contributed by atoms with Crippen molar-refractivity contribution in [1.82, 2.24) is 4.90 Å². The van der Waals surface area contributed by atoms with Gasteiger partial charge in [-0.15, -0.1) is 0 Å². The van der Waals surface area contributed by atoms with E-state index in [1.165, 1.54) is 0 Å². The maximum Gasteiger partial charge on any atom is 0.410 e. The molecule has 0 aromatic heterocycles. The number of carbonyl (C=O) groups excluding carboxylic acids is 2. The second-order valence-electron chi connectivity index (χ2n) is 4.96. The minimum Gasteiger partial charge on any atom is -0.444 e. The summed E-state index contributed by atoms with van der Waals surface area (Å²) in [5, 5.41) is 0. The number of alkyl halides is 1. The average molecular weight is 292 g/mol. The van der Waals surface area contributed by atoms with Crippen molar-refractivity contribution in [2.24, 2.45) is 0 Å². The van der Waals surface area contributed by atoms with E-state index in [1.807, 2.05) is 20.8 Å². The van der Waals surface area contributed by atoms with Gasteiger partial charge in [-0.2, -0.15) is 0 Å². The summed E-state index contributed by atoms with van der Waals surface area (Å²) in [6.07, 6.45) is 0.890. The first kappa shape index (κ1) is 13.5. The highest BCUT2D eigenvalue weighted by atomic mass is 79.9. The van der Waals surface area contributed by atoms with Gasteiger partial charge >= 0.3 is 6.09 Å². The first-order chi connectivity index (χ1) is 7.29. The molecule has 5 heteroatoms. The molecule has 1 rings (SSSR count).